The fourth-order valence-corrected chi connectivity index (χ4v) is 3.19. The van der Waals surface area contributed by atoms with Gasteiger partial charge in [-0.05, 0) is 25.3 Å². The van der Waals surface area contributed by atoms with Crippen molar-refractivity contribution < 1.29 is 9.59 Å². The fourth-order valence-electron chi connectivity index (χ4n) is 3.19. The molecule has 2 heterocycles. The van der Waals surface area contributed by atoms with Crippen molar-refractivity contribution in [2.75, 3.05) is 6.54 Å². The van der Waals surface area contributed by atoms with Crippen LogP contribution in [0.15, 0.2) is 12.3 Å². The number of aromatic nitrogens is 2. The molecule has 6 nitrogen and oxygen atoms in total. The topological polar surface area (TPSA) is 67.2 Å². The summed E-state index contributed by atoms with van der Waals surface area (Å²) in [5.41, 5.74) is 0.792. The smallest absolute Gasteiger partial charge is 0.246 e. The minimum atomic E-state index is -0.250. The van der Waals surface area contributed by atoms with Gasteiger partial charge in [0.15, 0.2) is 0 Å². The number of nitrogens with one attached hydrogen (secondary N) is 1. The van der Waals surface area contributed by atoms with Gasteiger partial charge >= 0.3 is 0 Å². The van der Waals surface area contributed by atoms with E-state index in [1.807, 2.05) is 23.9 Å². The molecule has 1 aromatic heterocycles. The van der Waals surface area contributed by atoms with Crippen LogP contribution in [0.1, 0.15) is 50.8 Å². The summed E-state index contributed by atoms with van der Waals surface area (Å²) in [6, 6.07) is 2.15. The molecule has 2 amide bonds. The Labute approximate surface area is 124 Å². The SMILES string of the molecule is CCC1NCC(=O)N(Cc2ccn(C3CCCC3)n2)C1=O. The van der Waals surface area contributed by atoms with Crippen molar-refractivity contribution in [2.24, 2.45) is 0 Å². The third-order valence-corrected chi connectivity index (χ3v) is 4.46. The van der Waals surface area contributed by atoms with Crippen molar-refractivity contribution >= 4 is 11.8 Å². The van der Waals surface area contributed by atoms with Gasteiger partial charge in [-0.15, -0.1) is 0 Å². The highest BCUT2D eigenvalue weighted by Gasteiger charge is 2.33. The molecular weight excluding hydrogens is 268 g/mol. The monoisotopic (exact) mass is 290 g/mol. The van der Waals surface area contributed by atoms with Crippen molar-refractivity contribution in [3.8, 4) is 0 Å². The zero-order valence-electron chi connectivity index (χ0n) is 12.4. The average Bonchev–Trinajstić information content (AvgIpc) is 3.14. The van der Waals surface area contributed by atoms with E-state index in [4.69, 9.17) is 0 Å². The van der Waals surface area contributed by atoms with Crippen LogP contribution in [0.5, 0.6) is 0 Å². The van der Waals surface area contributed by atoms with Gasteiger partial charge in [-0.25, -0.2) is 0 Å². The van der Waals surface area contributed by atoms with Gasteiger partial charge in [-0.2, -0.15) is 5.10 Å². The van der Waals surface area contributed by atoms with E-state index in [1.54, 1.807) is 0 Å². The second-order valence-corrected chi connectivity index (χ2v) is 5.89. The van der Waals surface area contributed by atoms with E-state index < -0.39 is 0 Å². The molecule has 0 spiro atoms. The lowest BCUT2D eigenvalue weighted by Gasteiger charge is -2.30. The average molecular weight is 290 g/mol. The van der Waals surface area contributed by atoms with Crippen molar-refractivity contribution in [1.82, 2.24) is 20.0 Å². The maximum Gasteiger partial charge on any atom is 0.246 e. The molecule has 2 fully saturated rings. The summed E-state index contributed by atoms with van der Waals surface area (Å²) in [6.07, 6.45) is 7.52. The second kappa shape index (κ2) is 5.97. The Kier molecular flexibility index (Phi) is 4.05. The molecule has 1 saturated heterocycles. The highest BCUT2D eigenvalue weighted by Crippen LogP contribution is 2.28. The Bertz CT molecular complexity index is 534. The van der Waals surface area contributed by atoms with Crippen molar-refractivity contribution in [3.05, 3.63) is 18.0 Å². The Morgan fingerprint density at radius 3 is 2.81 bits per heavy atom. The van der Waals surface area contributed by atoms with Crippen LogP contribution in [-0.4, -0.2) is 39.1 Å². The number of hydrogen-bond donors (Lipinski definition) is 1. The lowest BCUT2D eigenvalue weighted by molar-refractivity contribution is -0.150. The van der Waals surface area contributed by atoms with Crippen LogP contribution in [0.4, 0.5) is 0 Å². The van der Waals surface area contributed by atoms with Crippen LogP contribution < -0.4 is 5.32 Å². The number of imide groups is 1. The van der Waals surface area contributed by atoms with Gasteiger partial charge in [0.2, 0.25) is 11.8 Å². The van der Waals surface area contributed by atoms with Gasteiger partial charge in [-0.1, -0.05) is 19.8 Å². The molecule has 1 atom stereocenters. The molecule has 3 rings (SSSR count). The van der Waals surface area contributed by atoms with Crippen molar-refractivity contribution in [3.63, 3.8) is 0 Å². The van der Waals surface area contributed by atoms with Crippen LogP contribution in [0.25, 0.3) is 0 Å². The molecular formula is C15H22N4O2. The first-order valence-corrected chi connectivity index (χ1v) is 7.80. The van der Waals surface area contributed by atoms with Crippen molar-refractivity contribution in [1.29, 1.82) is 0 Å². The Hall–Kier alpha value is -1.69. The predicted octanol–water partition coefficient (Wildman–Crippen LogP) is 1.24. The summed E-state index contributed by atoms with van der Waals surface area (Å²) in [5, 5.41) is 7.52. The number of nitrogens with zero attached hydrogens (tertiary/aromatic N) is 3. The second-order valence-electron chi connectivity index (χ2n) is 5.89. The number of amides is 2. The van der Waals surface area contributed by atoms with Crippen LogP contribution in [0.3, 0.4) is 0 Å². The summed E-state index contributed by atoms with van der Waals surface area (Å²) < 4.78 is 2.00. The molecule has 1 aliphatic heterocycles. The molecule has 0 aromatic carbocycles. The lowest BCUT2D eigenvalue weighted by atomic mass is 10.1. The fraction of sp³-hybridized carbons (Fsp3) is 0.667. The third-order valence-electron chi connectivity index (χ3n) is 4.46. The van der Waals surface area contributed by atoms with Gasteiger partial charge < -0.3 is 0 Å². The molecule has 1 saturated carbocycles. The van der Waals surface area contributed by atoms with Gasteiger partial charge in [0, 0.05) is 6.20 Å². The lowest BCUT2D eigenvalue weighted by Crippen LogP contribution is -2.57. The molecule has 0 radical (unpaired) electrons. The maximum absolute atomic E-state index is 12.2. The minimum Gasteiger partial charge on any atom is -0.297 e. The number of rotatable bonds is 4. The molecule has 6 heteroatoms. The highest BCUT2D eigenvalue weighted by atomic mass is 16.2. The first-order chi connectivity index (χ1) is 10.2. The number of piperazine rings is 1. The van der Waals surface area contributed by atoms with Crippen LogP contribution in [-0.2, 0) is 16.1 Å². The molecule has 21 heavy (non-hydrogen) atoms. The van der Waals surface area contributed by atoms with Gasteiger partial charge in [-0.3, -0.25) is 24.5 Å². The number of carbonyl (C=O) groups excluding carboxylic acids is 2. The minimum absolute atomic E-state index is 0.135. The van der Waals surface area contributed by atoms with E-state index in [-0.39, 0.29) is 30.9 Å². The number of carbonyl (C=O) groups is 2. The molecule has 1 N–H and O–H groups in total. The molecule has 1 aliphatic carbocycles. The van der Waals surface area contributed by atoms with E-state index in [2.05, 4.69) is 10.4 Å². The first kappa shape index (κ1) is 14.3. The van der Waals surface area contributed by atoms with Crippen LogP contribution in [0, 0.1) is 0 Å². The van der Waals surface area contributed by atoms with Crippen LogP contribution in [0.2, 0.25) is 0 Å². The van der Waals surface area contributed by atoms with E-state index in [0.717, 1.165) is 5.69 Å². The molecule has 2 aliphatic rings. The Morgan fingerprint density at radius 1 is 1.33 bits per heavy atom. The molecule has 114 valence electrons. The summed E-state index contributed by atoms with van der Waals surface area (Å²) in [7, 11) is 0. The zero-order chi connectivity index (χ0) is 14.8. The summed E-state index contributed by atoms with van der Waals surface area (Å²) in [6.45, 7) is 2.46. The van der Waals surface area contributed by atoms with Gasteiger partial charge in [0.25, 0.3) is 0 Å². The number of hydrogen-bond acceptors (Lipinski definition) is 4. The van der Waals surface area contributed by atoms with E-state index in [1.165, 1.54) is 30.6 Å². The largest absolute Gasteiger partial charge is 0.297 e. The standard InChI is InChI=1S/C15H22N4O2/c1-2-13-15(21)18(14(20)9-16-13)10-11-7-8-19(17-11)12-5-3-4-6-12/h7-8,12-13,16H,2-6,9-10H2,1H3. The Morgan fingerprint density at radius 2 is 2.10 bits per heavy atom. The van der Waals surface area contributed by atoms with E-state index >= 15 is 0 Å². The zero-order valence-corrected chi connectivity index (χ0v) is 12.4. The van der Waals surface area contributed by atoms with E-state index in [9.17, 15) is 9.59 Å². The Balaban J connectivity index is 1.70. The molecule has 1 unspecified atom stereocenters. The quantitative estimate of drug-likeness (QED) is 0.847. The van der Waals surface area contributed by atoms with Gasteiger partial charge in [0.1, 0.15) is 0 Å². The summed E-state index contributed by atoms with van der Waals surface area (Å²) in [5.74, 6) is -0.302. The predicted molar refractivity (Wildman–Crippen MR) is 77.4 cm³/mol. The normalized spacial score (nSPS) is 24.0. The first-order valence-electron chi connectivity index (χ1n) is 7.80. The van der Waals surface area contributed by atoms with Gasteiger partial charge in [0.05, 0.1) is 30.9 Å². The third kappa shape index (κ3) is 2.85. The van der Waals surface area contributed by atoms with Crippen LogP contribution >= 0.6 is 0 Å². The summed E-state index contributed by atoms with van der Waals surface area (Å²) in [4.78, 5) is 25.5. The van der Waals surface area contributed by atoms with E-state index in [0.29, 0.717) is 12.5 Å². The highest BCUT2D eigenvalue weighted by molar-refractivity contribution is 6.01. The molecule has 1 aromatic rings. The maximum atomic E-state index is 12.2. The van der Waals surface area contributed by atoms with Crippen molar-refractivity contribution in [2.45, 2.75) is 57.7 Å². The summed E-state index contributed by atoms with van der Waals surface area (Å²) >= 11 is 0. The molecule has 0 bridgehead atoms.